The highest BCUT2D eigenvalue weighted by Gasteiger charge is 2.20. The fraction of sp³-hybridized carbons (Fsp3) is 0.667. The van der Waals surface area contributed by atoms with Crippen molar-refractivity contribution in [3.8, 4) is 5.75 Å². The standard InChI is InChI=1S/C18H30N2O/c1-5-16-7-6-8-17(18(16)21-4)20-13-11-19(12-14-20)10-9-15(2)3/h6-8,15H,5,9-14H2,1-4H3. The Hall–Kier alpha value is -1.22. The molecule has 2 rings (SSSR count). The van der Waals surface area contributed by atoms with Crippen molar-refractivity contribution in [1.29, 1.82) is 0 Å². The summed E-state index contributed by atoms with van der Waals surface area (Å²) in [4.78, 5) is 5.07. The number of para-hydroxylation sites is 1. The summed E-state index contributed by atoms with van der Waals surface area (Å²) in [5.74, 6) is 1.86. The zero-order valence-corrected chi connectivity index (χ0v) is 14.1. The van der Waals surface area contributed by atoms with E-state index >= 15 is 0 Å². The summed E-state index contributed by atoms with van der Waals surface area (Å²) < 4.78 is 5.67. The molecule has 0 amide bonds. The molecule has 3 heteroatoms. The Morgan fingerprint density at radius 2 is 1.86 bits per heavy atom. The van der Waals surface area contributed by atoms with Gasteiger partial charge in [0.2, 0.25) is 0 Å². The summed E-state index contributed by atoms with van der Waals surface area (Å²) in [7, 11) is 1.79. The molecule has 3 nitrogen and oxygen atoms in total. The summed E-state index contributed by atoms with van der Waals surface area (Å²) >= 11 is 0. The van der Waals surface area contributed by atoms with Gasteiger partial charge >= 0.3 is 0 Å². The third-order valence-electron chi connectivity index (χ3n) is 4.40. The number of piperazine rings is 1. The van der Waals surface area contributed by atoms with Crippen molar-refractivity contribution in [1.82, 2.24) is 4.90 Å². The van der Waals surface area contributed by atoms with Gasteiger partial charge in [-0.25, -0.2) is 0 Å². The molecule has 21 heavy (non-hydrogen) atoms. The van der Waals surface area contributed by atoms with E-state index in [-0.39, 0.29) is 0 Å². The van der Waals surface area contributed by atoms with E-state index in [2.05, 4.69) is 48.8 Å². The van der Waals surface area contributed by atoms with Gasteiger partial charge in [-0.1, -0.05) is 32.9 Å². The van der Waals surface area contributed by atoms with E-state index in [1.165, 1.54) is 24.2 Å². The van der Waals surface area contributed by atoms with Crippen LogP contribution >= 0.6 is 0 Å². The molecule has 1 saturated heterocycles. The van der Waals surface area contributed by atoms with E-state index in [1.54, 1.807) is 7.11 Å². The Labute approximate surface area is 129 Å². The maximum Gasteiger partial charge on any atom is 0.145 e. The van der Waals surface area contributed by atoms with Crippen molar-refractivity contribution in [2.75, 3.05) is 44.7 Å². The fourth-order valence-electron chi connectivity index (χ4n) is 2.99. The first-order valence-corrected chi connectivity index (χ1v) is 8.28. The molecule has 0 saturated carbocycles. The van der Waals surface area contributed by atoms with E-state index in [0.29, 0.717) is 0 Å². The number of ether oxygens (including phenoxy) is 1. The third kappa shape index (κ3) is 4.13. The molecule has 1 heterocycles. The van der Waals surface area contributed by atoms with Crippen LogP contribution in [0, 0.1) is 5.92 Å². The lowest BCUT2D eigenvalue weighted by Crippen LogP contribution is -2.46. The number of nitrogens with zero attached hydrogens (tertiary/aromatic N) is 2. The van der Waals surface area contributed by atoms with E-state index in [1.807, 2.05) is 0 Å². The van der Waals surface area contributed by atoms with Gasteiger partial charge in [0.15, 0.2) is 0 Å². The van der Waals surface area contributed by atoms with Crippen molar-refractivity contribution < 1.29 is 4.74 Å². The van der Waals surface area contributed by atoms with Crippen LogP contribution in [0.4, 0.5) is 5.69 Å². The van der Waals surface area contributed by atoms with Crippen LogP contribution in [0.2, 0.25) is 0 Å². The average Bonchev–Trinajstić information content (AvgIpc) is 2.52. The van der Waals surface area contributed by atoms with Gasteiger partial charge in [0, 0.05) is 26.2 Å². The lowest BCUT2D eigenvalue weighted by atomic mass is 10.1. The highest BCUT2D eigenvalue weighted by atomic mass is 16.5. The molecule has 0 aliphatic carbocycles. The van der Waals surface area contributed by atoms with E-state index in [4.69, 9.17) is 4.74 Å². The molecule has 1 aliphatic rings. The summed E-state index contributed by atoms with van der Waals surface area (Å²) in [6, 6.07) is 6.52. The predicted molar refractivity (Wildman–Crippen MR) is 90.5 cm³/mol. The fourth-order valence-corrected chi connectivity index (χ4v) is 2.99. The maximum atomic E-state index is 5.67. The Bertz CT molecular complexity index is 437. The van der Waals surface area contributed by atoms with Gasteiger partial charge in [0.25, 0.3) is 0 Å². The van der Waals surface area contributed by atoms with E-state index in [0.717, 1.165) is 44.3 Å². The Morgan fingerprint density at radius 1 is 1.14 bits per heavy atom. The largest absolute Gasteiger partial charge is 0.494 e. The molecule has 1 aromatic carbocycles. The Balaban J connectivity index is 1.99. The quantitative estimate of drug-likeness (QED) is 0.798. The van der Waals surface area contributed by atoms with Crippen LogP contribution in [0.1, 0.15) is 32.8 Å². The van der Waals surface area contributed by atoms with Crippen LogP contribution in [-0.4, -0.2) is 44.7 Å². The molecular weight excluding hydrogens is 260 g/mol. The summed E-state index contributed by atoms with van der Waals surface area (Å²) in [5, 5.41) is 0. The SMILES string of the molecule is CCc1cccc(N2CCN(CCC(C)C)CC2)c1OC. The average molecular weight is 290 g/mol. The number of benzene rings is 1. The molecular formula is C18H30N2O. The number of hydrogen-bond acceptors (Lipinski definition) is 3. The minimum Gasteiger partial charge on any atom is -0.494 e. The second-order valence-electron chi connectivity index (χ2n) is 6.33. The molecule has 0 atom stereocenters. The number of methoxy groups -OCH3 is 1. The van der Waals surface area contributed by atoms with Crippen molar-refractivity contribution in [2.45, 2.75) is 33.6 Å². The molecule has 0 unspecified atom stereocenters. The zero-order chi connectivity index (χ0) is 15.2. The first kappa shape index (κ1) is 16.2. The van der Waals surface area contributed by atoms with Crippen LogP contribution in [-0.2, 0) is 6.42 Å². The van der Waals surface area contributed by atoms with E-state index < -0.39 is 0 Å². The first-order chi connectivity index (χ1) is 10.2. The second kappa shape index (κ2) is 7.69. The number of rotatable bonds is 6. The highest BCUT2D eigenvalue weighted by Crippen LogP contribution is 2.32. The maximum absolute atomic E-state index is 5.67. The Morgan fingerprint density at radius 3 is 2.43 bits per heavy atom. The molecule has 1 fully saturated rings. The summed E-state index contributed by atoms with van der Waals surface area (Å²) in [6.07, 6.45) is 2.32. The molecule has 0 aromatic heterocycles. The van der Waals surface area contributed by atoms with Gasteiger partial charge < -0.3 is 9.64 Å². The number of hydrogen-bond donors (Lipinski definition) is 0. The number of anilines is 1. The van der Waals surface area contributed by atoms with Crippen LogP contribution in [0.3, 0.4) is 0 Å². The van der Waals surface area contributed by atoms with Gasteiger partial charge in [0.05, 0.1) is 12.8 Å². The normalized spacial score (nSPS) is 16.5. The number of aryl methyl sites for hydroxylation is 1. The molecule has 0 spiro atoms. The molecule has 1 aromatic rings. The highest BCUT2D eigenvalue weighted by molar-refractivity contribution is 5.62. The third-order valence-corrected chi connectivity index (χ3v) is 4.40. The molecule has 118 valence electrons. The van der Waals surface area contributed by atoms with Crippen molar-refractivity contribution in [3.05, 3.63) is 23.8 Å². The van der Waals surface area contributed by atoms with Gasteiger partial charge in [0.1, 0.15) is 5.75 Å². The smallest absolute Gasteiger partial charge is 0.145 e. The second-order valence-corrected chi connectivity index (χ2v) is 6.33. The first-order valence-electron chi connectivity index (χ1n) is 8.28. The van der Waals surface area contributed by atoms with Crippen LogP contribution in [0.25, 0.3) is 0 Å². The zero-order valence-electron chi connectivity index (χ0n) is 14.1. The van der Waals surface area contributed by atoms with Gasteiger partial charge in [-0.2, -0.15) is 0 Å². The molecule has 0 N–H and O–H groups in total. The van der Waals surface area contributed by atoms with Crippen molar-refractivity contribution in [2.24, 2.45) is 5.92 Å². The minimum atomic E-state index is 0.796. The van der Waals surface area contributed by atoms with Crippen LogP contribution < -0.4 is 9.64 Å². The molecule has 1 aliphatic heterocycles. The predicted octanol–water partition coefficient (Wildman–Crippen LogP) is 3.43. The van der Waals surface area contributed by atoms with Gasteiger partial charge in [-0.05, 0) is 36.9 Å². The summed E-state index contributed by atoms with van der Waals surface area (Å²) in [6.45, 7) is 12.5. The lowest BCUT2D eigenvalue weighted by Gasteiger charge is -2.37. The minimum absolute atomic E-state index is 0.796. The molecule has 0 bridgehead atoms. The summed E-state index contributed by atoms with van der Waals surface area (Å²) in [5.41, 5.74) is 2.57. The molecule has 0 radical (unpaired) electrons. The van der Waals surface area contributed by atoms with Crippen LogP contribution in [0.5, 0.6) is 5.75 Å². The van der Waals surface area contributed by atoms with E-state index in [9.17, 15) is 0 Å². The topological polar surface area (TPSA) is 15.7 Å². The Kier molecular flexibility index (Phi) is 5.92. The van der Waals surface area contributed by atoms with Gasteiger partial charge in [-0.15, -0.1) is 0 Å². The van der Waals surface area contributed by atoms with Crippen molar-refractivity contribution in [3.63, 3.8) is 0 Å². The van der Waals surface area contributed by atoms with Crippen LogP contribution in [0.15, 0.2) is 18.2 Å². The van der Waals surface area contributed by atoms with Gasteiger partial charge in [-0.3, -0.25) is 4.90 Å². The monoisotopic (exact) mass is 290 g/mol. The van der Waals surface area contributed by atoms with Crippen molar-refractivity contribution >= 4 is 5.69 Å². The lowest BCUT2D eigenvalue weighted by molar-refractivity contribution is 0.243.